The Morgan fingerprint density at radius 2 is 1.95 bits per heavy atom. The van der Waals surface area contributed by atoms with E-state index in [4.69, 9.17) is 9.84 Å². The van der Waals surface area contributed by atoms with E-state index in [-0.39, 0.29) is 11.3 Å². The van der Waals surface area contributed by atoms with Crippen LogP contribution in [0.15, 0.2) is 46.6 Å². The maximum Gasteiger partial charge on any atom is 0.339 e. The third-order valence-corrected chi connectivity index (χ3v) is 2.95. The van der Waals surface area contributed by atoms with Gasteiger partial charge in [0.2, 0.25) is 0 Å². The zero-order valence-electron chi connectivity index (χ0n) is 12.3. The lowest BCUT2D eigenvalue weighted by Crippen LogP contribution is -1.97. The van der Waals surface area contributed by atoms with E-state index in [0.717, 1.165) is 0 Å². The summed E-state index contributed by atoms with van der Waals surface area (Å²) in [5.41, 5.74) is 1.12. The summed E-state index contributed by atoms with van der Waals surface area (Å²) in [7, 11) is 0. The van der Waals surface area contributed by atoms with Crippen LogP contribution in [0.3, 0.4) is 0 Å². The summed E-state index contributed by atoms with van der Waals surface area (Å²) in [6.45, 7) is 3.99. The molecule has 6 nitrogen and oxygen atoms in total. The Morgan fingerprint density at radius 1 is 1.23 bits per heavy atom. The molecule has 22 heavy (non-hydrogen) atoms. The first-order valence-corrected chi connectivity index (χ1v) is 6.73. The van der Waals surface area contributed by atoms with Gasteiger partial charge in [0.1, 0.15) is 22.7 Å². The van der Waals surface area contributed by atoms with Crippen molar-refractivity contribution < 1.29 is 19.7 Å². The Kier molecular flexibility index (Phi) is 4.73. The molecule has 0 aliphatic carbocycles. The topological polar surface area (TPSA) is 91.5 Å². The summed E-state index contributed by atoms with van der Waals surface area (Å²) in [6.07, 6.45) is 0. The van der Waals surface area contributed by atoms with Crippen LogP contribution in [0.5, 0.6) is 11.5 Å². The molecule has 0 aromatic heterocycles. The van der Waals surface area contributed by atoms with Crippen molar-refractivity contribution >= 4 is 17.3 Å². The minimum Gasteiger partial charge on any atom is -0.507 e. The monoisotopic (exact) mass is 300 g/mol. The van der Waals surface area contributed by atoms with Crippen LogP contribution in [0.1, 0.15) is 22.8 Å². The van der Waals surface area contributed by atoms with E-state index in [1.54, 1.807) is 25.1 Å². The second kappa shape index (κ2) is 6.71. The lowest BCUT2D eigenvalue weighted by Gasteiger charge is -2.06. The van der Waals surface area contributed by atoms with Crippen LogP contribution >= 0.6 is 0 Å². The van der Waals surface area contributed by atoms with E-state index in [2.05, 4.69) is 10.2 Å². The average Bonchev–Trinajstić information content (AvgIpc) is 2.49. The summed E-state index contributed by atoms with van der Waals surface area (Å²) in [5.74, 6) is -0.878. The number of carbonyl (C=O) groups is 1. The van der Waals surface area contributed by atoms with Gasteiger partial charge in [-0.05, 0) is 43.7 Å². The average molecular weight is 300 g/mol. The third-order valence-electron chi connectivity index (χ3n) is 2.95. The Labute approximate surface area is 127 Å². The Bertz CT molecular complexity index is 726. The largest absolute Gasteiger partial charge is 0.507 e. The van der Waals surface area contributed by atoms with Crippen molar-refractivity contribution in [1.29, 1.82) is 0 Å². The van der Waals surface area contributed by atoms with Crippen LogP contribution in [-0.2, 0) is 0 Å². The molecule has 0 amide bonds. The van der Waals surface area contributed by atoms with E-state index < -0.39 is 5.97 Å². The number of aromatic hydroxyl groups is 1. The molecule has 0 bridgehead atoms. The zero-order chi connectivity index (χ0) is 16.1. The van der Waals surface area contributed by atoms with Crippen molar-refractivity contribution in [3.8, 4) is 11.5 Å². The first kappa shape index (κ1) is 15.5. The molecule has 0 radical (unpaired) electrons. The number of para-hydroxylation sites is 1. The van der Waals surface area contributed by atoms with E-state index in [0.29, 0.717) is 29.3 Å². The van der Waals surface area contributed by atoms with Crippen molar-refractivity contribution in [2.45, 2.75) is 13.8 Å². The second-order valence-electron chi connectivity index (χ2n) is 4.56. The van der Waals surface area contributed by atoms with Crippen molar-refractivity contribution in [3.63, 3.8) is 0 Å². The fourth-order valence-electron chi connectivity index (χ4n) is 1.91. The van der Waals surface area contributed by atoms with Crippen LogP contribution in [-0.4, -0.2) is 22.8 Å². The van der Waals surface area contributed by atoms with Gasteiger partial charge in [-0.1, -0.05) is 12.1 Å². The number of benzene rings is 2. The van der Waals surface area contributed by atoms with E-state index in [1.165, 1.54) is 6.07 Å². The van der Waals surface area contributed by atoms with E-state index >= 15 is 0 Å². The predicted octanol–water partition coefficient (Wildman–Crippen LogP) is 4.21. The van der Waals surface area contributed by atoms with Gasteiger partial charge >= 0.3 is 5.97 Å². The van der Waals surface area contributed by atoms with Gasteiger partial charge in [-0.25, -0.2) is 4.79 Å². The van der Waals surface area contributed by atoms with E-state index in [9.17, 15) is 9.90 Å². The quantitative estimate of drug-likeness (QED) is 0.809. The van der Waals surface area contributed by atoms with Gasteiger partial charge in [0.15, 0.2) is 0 Å². The van der Waals surface area contributed by atoms with Crippen molar-refractivity contribution in [2.75, 3.05) is 6.61 Å². The minimum absolute atomic E-state index is 0.202. The lowest BCUT2D eigenvalue weighted by molar-refractivity contribution is 0.0693. The number of ether oxygens (including phenoxy) is 1. The molecule has 0 aliphatic heterocycles. The first-order valence-electron chi connectivity index (χ1n) is 6.73. The van der Waals surface area contributed by atoms with Gasteiger partial charge in [-0.3, -0.25) is 0 Å². The molecule has 2 N–H and O–H groups in total. The number of hydrogen-bond acceptors (Lipinski definition) is 5. The maximum absolute atomic E-state index is 11.1. The highest BCUT2D eigenvalue weighted by Gasteiger charge is 2.13. The molecule has 0 unspecified atom stereocenters. The van der Waals surface area contributed by atoms with Gasteiger partial charge < -0.3 is 14.9 Å². The smallest absolute Gasteiger partial charge is 0.339 e. The molecule has 0 atom stereocenters. The molecule has 114 valence electrons. The molecule has 2 aromatic rings. The number of aromatic carboxylic acids is 1. The maximum atomic E-state index is 11.1. The number of hydrogen-bond donors (Lipinski definition) is 2. The van der Waals surface area contributed by atoms with Gasteiger partial charge in [-0.2, -0.15) is 5.11 Å². The van der Waals surface area contributed by atoms with Crippen LogP contribution in [0, 0.1) is 6.92 Å². The number of rotatable bonds is 5. The van der Waals surface area contributed by atoms with Gasteiger partial charge in [-0.15, -0.1) is 5.11 Å². The van der Waals surface area contributed by atoms with Crippen molar-refractivity contribution in [1.82, 2.24) is 0 Å². The van der Waals surface area contributed by atoms with Crippen LogP contribution in [0.25, 0.3) is 0 Å². The third kappa shape index (κ3) is 3.41. The lowest BCUT2D eigenvalue weighted by atomic mass is 10.1. The first-order chi connectivity index (χ1) is 10.5. The molecule has 0 heterocycles. The molecule has 0 saturated heterocycles. The summed E-state index contributed by atoms with van der Waals surface area (Å²) < 4.78 is 5.44. The van der Waals surface area contributed by atoms with Crippen LogP contribution in [0.4, 0.5) is 11.4 Å². The second-order valence-corrected chi connectivity index (χ2v) is 4.56. The normalized spacial score (nSPS) is 10.8. The highest BCUT2D eigenvalue weighted by Crippen LogP contribution is 2.31. The summed E-state index contributed by atoms with van der Waals surface area (Å²) in [6, 6.07) is 10.0. The van der Waals surface area contributed by atoms with Gasteiger partial charge in [0.05, 0.1) is 12.3 Å². The number of carboxylic acid groups (broad SMARTS) is 1. The number of phenols is 1. The summed E-state index contributed by atoms with van der Waals surface area (Å²) in [5, 5.41) is 26.9. The Balaban J connectivity index is 2.37. The highest BCUT2D eigenvalue weighted by atomic mass is 16.5. The summed E-state index contributed by atoms with van der Waals surface area (Å²) >= 11 is 0. The molecule has 2 rings (SSSR count). The van der Waals surface area contributed by atoms with Crippen molar-refractivity contribution in [3.05, 3.63) is 47.5 Å². The predicted molar refractivity (Wildman–Crippen MR) is 81.6 cm³/mol. The molecule has 6 heteroatoms. The Hall–Kier alpha value is -2.89. The highest BCUT2D eigenvalue weighted by molar-refractivity contribution is 5.92. The van der Waals surface area contributed by atoms with E-state index in [1.807, 2.05) is 19.1 Å². The SMILES string of the molecule is CCOc1ccccc1N=Nc1cc(C)c(O)c(C(=O)O)c1. The molecule has 0 fully saturated rings. The molecule has 2 aromatic carbocycles. The molecule has 0 aliphatic rings. The van der Waals surface area contributed by atoms with Gasteiger partial charge in [0.25, 0.3) is 0 Å². The molecular weight excluding hydrogens is 284 g/mol. The van der Waals surface area contributed by atoms with Crippen LogP contribution < -0.4 is 4.74 Å². The van der Waals surface area contributed by atoms with Crippen LogP contribution in [0.2, 0.25) is 0 Å². The zero-order valence-corrected chi connectivity index (χ0v) is 12.3. The molecule has 0 saturated carbocycles. The minimum atomic E-state index is -1.22. The standard InChI is InChI=1S/C16H16N2O4/c1-3-22-14-7-5-4-6-13(14)18-17-11-8-10(2)15(19)12(9-11)16(20)21/h4-9,19H,3H2,1-2H3,(H,20,21). The molecule has 0 spiro atoms. The molecular formula is C16H16N2O4. The van der Waals surface area contributed by atoms with Gasteiger partial charge in [0, 0.05) is 0 Å². The number of nitrogens with zero attached hydrogens (tertiary/aromatic N) is 2. The number of carboxylic acids is 1. The number of aryl methyl sites for hydroxylation is 1. The summed E-state index contributed by atoms with van der Waals surface area (Å²) in [4.78, 5) is 11.1. The fraction of sp³-hybridized carbons (Fsp3) is 0.188. The number of azo groups is 1. The Morgan fingerprint density at radius 3 is 2.64 bits per heavy atom. The fourth-order valence-corrected chi connectivity index (χ4v) is 1.91. The van der Waals surface area contributed by atoms with Crippen molar-refractivity contribution in [2.24, 2.45) is 10.2 Å².